The van der Waals surface area contributed by atoms with Gasteiger partial charge in [0.15, 0.2) is 0 Å². The molecule has 3 rings (SSSR count). The van der Waals surface area contributed by atoms with Crippen molar-refractivity contribution in [1.82, 2.24) is 19.6 Å². The highest BCUT2D eigenvalue weighted by Crippen LogP contribution is 2.17. The molecule has 0 unspecified atom stereocenters. The number of pyridine rings is 1. The Balaban J connectivity index is 1.59. The second-order valence-corrected chi connectivity index (χ2v) is 6.04. The van der Waals surface area contributed by atoms with E-state index in [1.165, 1.54) is 16.5 Å². The van der Waals surface area contributed by atoms with E-state index < -0.39 is 0 Å². The summed E-state index contributed by atoms with van der Waals surface area (Å²) in [6, 6.07) is 6.75. The molecule has 25 heavy (non-hydrogen) atoms. The lowest BCUT2D eigenvalue weighted by molar-refractivity contribution is -0.132. The van der Waals surface area contributed by atoms with Gasteiger partial charge in [-0.1, -0.05) is 12.6 Å². The van der Waals surface area contributed by atoms with Crippen LogP contribution in [-0.2, 0) is 16.1 Å². The highest BCUT2D eigenvalue weighted by molar-refractivity contribution is 5.87. The van der Waals surface area contributed by atoms with Crippen molar-refractivity contribution in [2.45, 2.75) is 19.4 Å². The molecule has 0 saturated carbocycles. The smallest absolute Gasteiger partial charge is 0.258 e. The van der Waals surface area contributed by atoms with Crippen LogP contribution in [0.25, 0.3) is 5.65 Å². The fourth-order valence-corrected chi connectivity index (χ4v) is 3.01. The third-order valence-electron chi connectivity index (χ3n) is 4.42. The van der Waals surface area contributed by atoms with E-state index in [4.69, 9.17) is 0 Å². The minimum atomic E-state index is -0.175. The molecule has 1 N–H and O–H groups in total. The first-order valence-electron chi connectivity index (χ1n) is 8.25. The van der Waals surface area contributed by atoms with Crippen molar-refractivity contribution in [3.05, 3.63) is 59.2 Å². The summed E-state index contributed by atoms with van der Waals surface area (Å²) >= 11 is 0. The van der Waals surface area contributed by atoms with Crippen LogP contribution in [-0.4, -0.2) is 39.2 Å². The van der Waals surface area contributed by atoms with E-state index in [-0.39, 0.29) is 29.8 Å². The Hall–Kier alpha value is -2.96. The Bertz CT molecular complexity index is 866. The predicted molar refractivity (Wildman–Crippen MR) is 92.8 cm³/mol. The minimum Gasteiger partial charge on any atom is -0.350 e. The van der Waals surface area contributed by atoms with E-state index in [1.54, 1.807) is 23.2 Å². The Morgan fingerprint density at radius 3 is 2.80 bits per heavy atom. The van der Waals surface area contributed by atoms with Crippen molar-refractivity contribution in [3.8, 4) is 0 Å². The average molecular weight is 340 g/mol. The number of fused-ring (bicyclic) bond motifs is 1. The second kappa shape index (κ2) is 7.29. The molecule has 7 heteroatoms. The van der Waals surface area contributed by atoms with E-state index >= 15 is 0 Å². The summed E-state index contributed by atoms with van der Waals surface area (Å²) in [6.07, 6.45) is 4.20. The highest BCUT2D eigenvalue weighted by Gasteiger charge is 2.26. The van der Waals surface area contributed by atoms with Crippen LogP contribution in [0.4, 0.5) is 0 Å². The number of nitrogens with zero attached hydrogens (tertiary/aromatic N) is 3. The normalized spacial score (nSPS) is 15.1. The first-order valence-corrected chi connectivity index (χ1v) is 8.25. The minimum absolute atomic E-state index is 0.0687. The van der Waals surface area contributed by atoms with Gasteiger partial charge < -0.3 is 10.2 Å². The van der Waals surface area contributed by atoms with Crippen molar-refractivity contribution in [2.75, 3.05) is 13.1 Å². The van der Waals surface area contributed by atoms with Gasteiger partial charge in [-0.3, -0.25) is 18.8 Å². The SMILES string of the molecule is C=CC(=O)N1CCC(C(=O)NCc2cc(=O)n3ccccc3n2)CC1. The van der Waals surface area contributed by atoms with Crippen LogP contribution in [0, 0.1) is 5.92 Å². The molecule has 2 aromatic heterocycles. The standard InChI is InChI=1S/C18H20N4O3/c1-2-16(23)21-9-6-13(7-10-21)18(25)19-12-14-11-17(24)22-8-4-3-5-15(22)20-14/h2-5,8,11,13H,1,6-7,9-10,12H2,(H,19,25). The molecule has 2 amide bonds. The Labute approximate surface area is 145 Å². The Morgan fingerprint density at radius 1 is 1.32 bits per heavy atom. The van der Waals surface area contributed by atoms with Crippen molar-refractivity contribution in [2.24, 2.45) is 5.92 Å². The largest absolute Gasteiger partial charge is 0.350 e. The van der Waals surface area contributed by atoms with Gasteiger partial charge in [-0.05, 0) is 31.1 Å². The molecule has 1 aliphatic rings. The van der Waals surface area contributed by atoms with Crippen molar-refractivity contribution >= 4 is 17.5 Å². The summed E-state index contributed by atoms with van der Waals surface area (Å²) in [6.45, 7) is 4.80. The zero-order valence-corrected chi connectivity index (χ0v) is 13.9. The van der Waals surface area contributed by atoms with E-state index in [0.29, 0.717) is 37.3 Å². The fraction of sp³-hybridized carbons (Fsp3) is 0.333. The van der Waals surface area contributed by atoms with Gasteiger partial charge in [-0.25, -0.2) is 4.98 Å². The summed E-state index contributed by atoms with van der Waals surface area (Å²) < 4.78 is 1.46. The van der Waals surface area contributed by atoms with Crippen LogP contribution in [0.5, 0.6) is 0 Å². The van der Waals surface area contributed by atoms with Crippen LogP contribution < -0.4 is 10.9 Å². The maximum Gasteiger partial charge on any atom is 0.258 e. The summed E-state index contributed by atoms with van der Waals surface area (Å²) in [4.78, 5) is 42.0. The second-order valence-electron chi connectivity index (χ2n) is 6.04. The van der Waals surface area contributed by atoms with Gasteiger partial charge in [0.05, 0.1) is 12.2 Å². The number of hydrogen-bond acceptors (Lipinski definition) is 4. The third-order valence-corrected chi connectivity index (χ3v) is 4.42. The number of carbonyl (C=O) groups excluding carboxylic acids is 2. The van der Waals surface area contributed by atoms with E-state index in [9.17, 15) is 14.4 Å². The maximum atomic E-state index is 12.3. The molecular formula is C18H20N4O3. The molecule has 0 spiro atoms. The van der Waals surface area contributed by atoms with E-state index in [2.05, 4.69) is 16.9 Å². The fourth-order valence-electron chi connectivity index (χ4n) is 3.01. The highest BCUT2D eigenvalue weighted by atomic mass is 16.2. The molecule has 2 aromatic rings. The number of piperidine rings is 1. The summed E-state index contributed by atoms with van der Waals surface area (Å²) in [5.41, 5.74) is 0.908. The maximum absolute atomic E-state index is 12.3. The zero-order valence-electron chi connectivity index (χ0n) is 13.9. The van der Waals surface area contributed by atoms with E-state index in [0.717, 1.165) is 0 Å². The Kier molecular flexibility index (Phi) is 4.92. The molecule has 0 bridgehead atoms. The Morgan fingerprint density at radius 2 is 2.08 bits per heavy atom. The van der Waals surface area contributed by atoms with Crippen LogP contribution in [0.15, 0.2) is 47.9 Å². The number of nitrogens with one attached hydrogen (secondary N) is 1. The zero-order chi connectivity index (χ0) is 17.8. The molecule has 7 nitrogen and oxygen atoms in total. The summed E-state index contributed by atoms with van der Waals surface area (Å²) in [7, 11) is 0. The van der Waals surface area contributed by atoms with Gasteiger partial charge in [-0.15, -0.1) is 0 Å². The molecule has 0 aromatic carbocycles. The van der Waals surface area contributed by atoms with Gasteiger partial charge in [-0.2, -0.15) is 0 Å². The monoisotopic (exact) mass is 340 g/mol. The number of aromatic nitrogens is 2. The van der Waals surface area contributed by atoms with Crippen LogP contribution in [0.1, 0.15) is 18.5 Å². The van der Waals surface area contributed by atoms with Crippen molar-refractivity contribution < 1.29 is 9.59 Å². The molecular weight excluding hydrogens is 320 g/mol. The number of likely N-dealkylation sites (tertiary alicyclic amines) is 1. The van der Waals surface area contributed by atoms with Crippen molar-refractivity contribution in [1.29, 1.82) is 0 Å². The number of hydrogen-bond donors (Lipinski definition) is 1. The molecule has 0 radical (unpaired) electrons. The number of rotatable bonds is 4. The summed E-state index contributed by atoms with van der Waals surface area (Å²) in [5, 5.41) is 2.85. The van der Waals surface area contributed by atoms with Gasteiger partial charge in [0.25, 0.3) is 5.56 Å². The van der Waals surface area contributed by atoms with Crippen LogP contribution in [0.3, 0.4) is 0 Å². The van der Waals surface area contributed by atoms with Gasteiger partial charge in [0, 0.05) is 31.3 Å². The van der Waals surface area contributed by atoms with Crippen LogP contribution in [0.2, 0.25) is 0 Å². The van der Waals surface area contributed by atoms with Gasteiger partial charge in [0.2, 0.25) is 11.8 Å². The van der Waals surface area contributed by atoms with Gasteiger partial charge >= 0.3 is 0 Å². The van der Waals surface area contributed by atoms with Crippen LogP contribution >= 0.6 is 0 Å². The molecule has 1 aliphatic heterocycles. The lowest BCUT2D eigenvalue weighted by Gasteiger charge is -2.30. The first kappa shape index (κ1) is 16.9. The quantitative estimate of drug-likeness (QED) is 0.832. The molecule has 130 valence electrons. The predicted octanol–water partition coefficient (Wildman–Crippen LogP) is 0.735. The van der Waals surface area contributed by atoms with Gasteiger partial charge in [0.1, 0.15) is 5.65 Å². The van der Waals surface area contributed by atoms with E-state index in [1.807, 2.05) is 6.07 Å². The molecule has 3 heterocycles. The number of amides is 2. The topological polar surface area (TPSA) is 83.8 Å². The molecule has 0 aliphatic carbocycles. The average Bonchev–Trinajstić information content (AvgIpc) is 2.65. The van der Waals surface area contributed by atoms with Crippen molar-refractivity contribution in [3.63, 3.8) is 0 Å². The lowest BCUT2D eigenvalue weighted by atomic mass is 9.96. The molecule has 0 atom stereocenters. The first-order chi connectivity index (χ1) is 12.1. The molecule has 1 fully saturated rings. The molecule has 1 saturated heterocycles. The number of carbonyl (C=O) groups is 2. The summed E-state index contributed by atoms with van der Waals surface area (Å²) in [5.74, 6) is -0.295. The lowest BCUT2D eigenvalue weighted by Crippen LogP contribution is -2.42. The third kappa shape index (κ3) is 3.76.